The normalized spacial score (nSPS) is 24.3. The quantitative estimate of drug-likeness (QED) is 0.528. The molecule has 0 bridgehead atoms. The zero-order chi connectivity index (χ0) is 6.97. The molecule has 0 saturated heterocycles. The summed E-state index contributed by atoms with van der Waals surface area (Å²) in [4.78, 5) is 4.25. The SMILES string of the molecule is C[C@H]1CCc2nccn2C1. The van der Waals surface area contributed by atoms with Crippen molar-refractivity contribution in [1.82, 2.24) is 9.55 Å². The third kappa shape index (κ3) is 0.838. The second kappa shape index (κ2) is 2.11. The van der Waals surface area contributed by atoms with Gasteiger partial charge in [-0.15, -0.1) is 0 Å². The first-order valence-corrected chi connectivity index (χ1v) is 3.86. The molecule has 2 nitrogen and oxygen atoms in total. The Labute approximate surface area is 60.9 Å². The third-order valence-corrected chi connectivity index (χ3v) is 2.17. The lowest BCUT2D eigenvalue weighted by atomic mass is 10.0. The van der Waals surface area contributed by atoms with Crippen LogP contribution in [0.1, 0.15) is 19.2 Å². The fourth-order valence-electron chi connectivity index (χ4n) is 1.54. The van der Waals surface area contributed by atoms with Crippen LogP contribution in [0.4, 0.5) is 0 Å². The molecule has 0 fully saturated rings. The molecule has 0 spiro atoms. The molecular weight excluding hydrogens is 124 g/mol. The minimum atomic E-state index is 0.835. The number of nitrogens with zero attached hydrogens (tertiary/aromatic N) is 2. The van der Waals surface area contributed by atoms with Crippen LogP contribution in [0.15, 0.2) is 12.4 Å². The number of hydrogen-bond acceptors (Lipinski definition) is 1. The Morgan fingerprint density at radius 1 is 1.70 bits per heavy atom. The molecule has 0 saturated carbocycles. The van der Waals surface area contributed by atoms with Crippen molar-refractivity contribution >= 4 is 0 Å². The molecule has 1 atom stereocenters. The van der Waals surface area contributed by atoms with E-state index in [0.717, 1.165) is 18.9 Å². The van der Waals surface area contributed by atoms with E-state index in [1.807, 2.05) is 6.20 Å². The van der Waals surface area contributed by atoms with Gasteiger partial charge in [0.25, 0.3) is 0 Å². The molecule has 1 aromatic rings. The highest BCUT2D eigenvalue weighted by atomic mass is 15.1. The monoisotopic (exact) mass is 136 g/mol. The number of hydrogen-bond donors (Lipinski definition) is 0. The summed E-state index contributed by atoms with van der Waals surface area (Å²) in [6.07, 6.45) is 6.43. The number of imidazole rings is 1. The number of aromatic nitrogens is 2. The Kier molecular flexibility index (Phi) is 1.26. The van der Waals surface area contributed by atoms with Crippen LogP contribution in [0, 0.1) is 5.92 Å². The molecule has 1 aliphatic heterocycles. The van der Waals surface area contributed by atoms with E-state index in [4.69, 9.17) is 0 Å². The van der Waals surface area contributed by atoms with Crippen molar-refractivity contribution in [3.05, 3.63) is 18.2 Å². The lowest BCUT2D eigenvalue weighted by molar-refractivity contribution is 0.394. The van der Waals surface area contributed by atoms with Crippen molar-refractivity contribution < 1.29 is 0 Å². The van der Waals surface area contributed by atoms with Crippen LogP contribution in [0.3, 0.4) is 0 Å². The van der Waals surface area contributed by atoms with E-state index in [-0.39, 0.29) is 0 Å². The summed E-state index contributed by atoms with van der Waals surface area (Å²) in [5.74, 6) is 2.10. The molecule has 0 radical (unpaired) electrons. The highest BCUT2D eigenvalue weighted by Crippen LogP contribution is 2.17. The molecule has 10 heavy (non-hydrogen) atoms. The van der Waals surface area contributed by atoms with Gasteiger partial charge in [-0.25, -0.2) is 4.98 Å². The number of fused-ring (bicyclic) bond motifs is 1. The van der Waals surface area contributed by atoms with Crippen molar-refractivity contribution in [1.29, 1.82) is 0 Å². The Morgan fingerprint density at radius 2 is 2.60 bits per heavy atom. The van der Waals surface area contributed by atoms with E-state index >= 15 is 0 Å². The molecule has 0 unspecified atom stereocenters. The molecule has 1 aromatic heterocycles. The van der Waals surface area contributed by atoms with Crippen LogP contribution in [0.25, 0.3) is 0 Å². The summed E-state index contributed by atoms with van der Waals surface area (Å²) in [7, 11) is 0. The molecule has 54 valence electrons. The van der Waals surface area contributed by atoms with Gasteiger partial charge in [0.1, 0.15) is 5.82 Å². The predicted octanol–water partition coefficient (Wildman–Crippen LogP) is 1.47. The number of aryl methyl sites for hydroxylation is 1. The van der Waals surface area contributed by atoms with Gasteiger partial charge in [-0.1, -0.05) is 6.92 Å². The summed E-state index contributed by atoms with van der Waals surface area (Å²) in [6, 6.07) is 0. The summed E-state index contributed by atoms with van der Waals surface area (Å²) < 4.78 is 2.26. The zero-order valence-corrected chi connectivity index (χ0v) is 6.25. The molecule has 2 heterocycles. The van der Waals surface area contributed by atoms with Gasteiger partial charge in [-0.3, -0.25) is 0 Å². The first-order valence-electron chi connectivity index (χ1n) is 3.86. The zero-order valence-electron chi connectivity index (χ0n) is 6.25. The van der Waals surface area contributed by atoms with Gasteiger partial charge in [-0.05, 0) is 12.3 Å². The van der Waals surface area contributed by atoms with E-state index in [0.29, 0.717) is 0 Å². The maximum absolute atomic E-state index is 4.25. The minimum Gasteiger partial charge on any atom is -0.335 e. The van der Waals surface area contributed by atoms with E-state index in [9.17, 15) is 0 Å². The molecule has 2 rings (SSSR count). The van der Waals surface area contributed by atoms with Gasteiger partial charge in [0.2, 0.25) is 0 Å². The molecule has 0 aromatic carbocycles. The molecule has 2 heteroatoms. The summed E-state index contributed by atoms with van der Waals surface area (Å²) in [5, 5.41) is 0. The van der Waals surface area contributed by atoms with Crippen LogP contribution in [0.5, 0.6) is 0 Å². The first kappa shape index (κ1) is 5.96. The average molecular weight is 136 g/mol. The van der Waals surface area contributed by atoms with Gasteiger partial charge in [0.15, 0.2) is 0 Å². The molecular formula is C8H12N2. The number of rotatable bonds is 0. The standard InChI is InChI=1S/C8H12N2/c1-7-2-3-8-9-4-5-10(8)6-7/h4-5,7H,2-3,6H2,1H3/t7-/m0/s1. The van der Waals surface area contributed by atoms with Gasteiger partial charge < -0.3 is 4.57 Å². The molecule has 0 N–H and O–H groups in total. The topological polar surface area (TPSA) is 17.8 Å². The van der Waals surface area contributed by atoms with Crippen LogP contribution >= 0.6 is 0 Å². The van der Waals surface area contributed by atoms with E-state index in [2.05, 4.69) is 22.7 Å². The second-order valence-electron chi connectivity index (χ2n) is 3.14. The molecule has 0 aliphatic carbocycles. The fourth-order valence-corrected chi connectivity index (χ4v) is 1.54. The average Bonchev–Trinajstić information content (AvgIpc) is 2.33. The Bertz CT molecular complexity index is 227. The van der Waals surface area contributed by atoms with Crippen molar-refractivity contribution in [2.75, 3.05) is 0 Å². The van der Waals surface area contributed by atoms with Gasteiger partial charge >= 0.3 is 0 Å². The predicted molar refractivity (Wildman–Crippen MR) is 39.7 cm³/mol. The van der Waals surface area contributed by atoms with Gasteiger partial charge in [0.05, 0.1) is 0 Å². The molecule has 1 aliphatic rings. The lowest BCUT2D eigenvalue weighted by Crippen LogP contribution is -2.17. The fraction of sp³-hybridized carbons (Fsp3) is 0.625. The summed E-state index contributed by atoms with van der Waals surface area (Å²) >= 11 is 0. The van der Waals surface area contributed by atoms with Gasteiger partial charge in [-0.2, -0.15) is 0 Å². The largest absolute Gasteiger partial charge is 0.335 e. The van der Waals surface area contributed by atoms with Crippen LogP contribution in [-0.2, 0) is 13.0 Å². The summed E-state index contributed by atoms with van der Waals surface area (Å²) in [5.41, 5.74) is 0. The third-order valence-electron chi connectivity index (χ3n) is 2.17. The van der Waals surface area contributed by atoms with Crippen LogP contribution in [0.2, 0.25) is 0 Å². The van der Waals surface area contributed by atoms with Crippen LogP contribution in [-0.4, -0.2) is 9.55 Å². The van der Waals surface area contributed by atoms with Crippen molar-refractivity contribution in [2.24, 2.45) is 5.92 Å². The maximum Gasteiger partial charge on any atom is 0.108 e. The van der Waals surface area contributed by atoms with E-state index in [1.165, 1.54) is 12.2 Å². The second-order valence-corrected chi connectivity index (χ2v) is 3.14. The van der Waals surface area contributed by atoms with Crippen LogP contribution < -0.4 is 0 Å². The Hall–Kier alpha value is -0.790. The van der Waals surface area contributed by atoms with Gasteiger partial charge in [0, 0.05) is 25.4 Å². The Morgan fingerprint density at radius 3 is 3.50 bits per heavy atom. The first-order chi connectivity index (χ1) is 4.86. The van der Waals surface area contributed by atoms with E-state index < -0.39 is 0 Å². The highest BCUT2D eigenvalue weighted by Gasteiger charge is 2.13. The smallest absolute Gasteiger partial charge is 0.108 e. The Balaban J connectivity index is 2.30. The van der Waals surface area contributed by atoms with Crippen molar-refractivity contribution in [3.8, 4) is 0 Å². The summed E-state index contributed by atoms with van der Waals surface area (Å²) in [6.45, 7) is 3.46. The minimum absolute atomic E-state index is 0.835. The highest BCUT2D eigenvalue weighted by molar-refractivity contribution is 4.95. The van der Waals surface area contributed by atoms with Crippen molar-refractivity contribution in [3.63, 3.8) is 0 Å². The maximum atomic E-state index is 4.25. The van der Waals surface area contributed by atoms with E-state index in [1.54, 1.807) is 0 Å². The lowest BCUT2D eigenvalue weighted by Gasteiger charge is -2.19. The van der Waals surface area contributed by atoms with Crippen molar-refractivity contribution in [2.45, 2.75) is 26.3 Å². The molecule has 0 amide bonds.